The molecular formula is C17H23N5OS. The Morgan fingerprint density at radius 2 is 1.88 bits per heavy atom. The summed E-state index contributed by atoms with van der Waals surface area (Å²) < 4.78 is 7.94. The van der Waals surface area contributed by atoms with Gasteiger partial charge >= 0.3 is 0 Å². The van der Waals surface area contributed by atoms with Gasteiger partial charge in [-0.15, -0.1) is 10.2 Å². The Balaban J connectivity index is 1.82. The lowest BCUT2D eigenvalue weighted by molar-refractivity contribution is 0.199. The molecule has 0 spiro atoms. The van der Waals surface area contributed by atoms with Crippen molar-refractivity contribution in [1.29, 1.82) is 0 Å². The maximum Gasteiger partial charge on any atom is 0.234 e. The van der Waals surface area contributed by atoms with E-state index in [0.29, 0.717) is 0 Å². The molecule has 1 aromatic carbocycles. The second-order valence-electron chi connectivity index (χ2n) is 5.54. The monoisotopic (exact) mass is 345 g/mol. The van der Waals surface area contributed by atoms with Crippen molar-refractivity contribution < 1.29 is 4.74 Å². The molecule has 0 unspecified atom stereocenters. The molecule has 0 aliphatic rings. The Kier molecular flexibility index (Phi) is 5.42. The van der Waals surface area contributed by atoms with Gasteiger partial charge < -0.3 is 4.74 Å². The van der Waals surface area contributed by atoms with Crippen LogP contribution in [-0.4, -0.2) is 37.8 Å². The van der Waals surface area contributed by atoms with E-state index in [4.69, 9.17) is 9.84 Å². The van der Waals surface area contributed by atoms with Crippen LogP contribution in [0.1, 0.15) is 44.1 Å². The molecule has 1 atom stereocenters. The first-order chi connectivity index (χ1) is 11.7. The lowest BCUT2D eigenvalue weighted by atomic mass is 10.3. The molecule has 0 bridgehead atoms. The Bertz CT molecular complexity index is 766. The minimum atomic E-state index is -0.0691. The molecule has 0 amide bonds. The molecule has 0 saturated carbocycles. The standard InChI is InChI=1S/C17H23N5OS/c1-4-14(23-13-10-8-7-9-11-13)16-20-22-15(12-21(5-2)6-3)18-19-17(22)24-16/h7-11,14H,4-6,12H2,1-3H3/t14-/m1/s1. The minimum absolute atomic E-state index is 0.0691. The smallest absolute Gasteiger partial charge is 0.234 e. The van der Waals surface area contributed by atoms with E-state index in [0.717, 1.165) is 47.6 Å². The van der Waals surface area contributed by atoms with Crippen LogP contribution in [-0.2, 0) is 6.54 Å². The zero-order chi connectivity index (χ0) is 16.9. The molecule has 0 N–H and O–H groups in total. The van der Waals surface area contributed by atoms with Crippen molar-refractivity contribution in [2.75, 3.05) is 13.1 Å². The molecule has 3 aromatic rings. The summed E-state index contributed by atoms with van der Waals surface area (Å²) in [5.41, 5.74) is 0. The fourth-order valence-electron chi connectivity index (χ4n) is 2.52. The van der Waals surface area contributed by atoms with Gasteiger partial charge in [0.15, 0.2) is 16.9 Å². The number of rotatable bonds is 8. The van der Waals surface area contributed by atoms with E-state index in [-0.39, 0.29) is 6.10 Å². The van der Waals surface area contributed by atoms with E-state index in [1.807, 2.05) is 34.8 Å². The van der Waals surface area contributed by atoms with Crippen molar-refractivity contribution in [2.24, 2.45) is 0 Å². The highest BCUT2D eigenvalue weighted by atomic mass is 32.1. The average Bonchev–Trinajstić information content (AvgIpc) is 3.19. The lowest BCUT2D eigenvalue weighted by Gasteiger charge is -2.16. The Hall–Kier alpha value is -1.99. The van der Waals surface area contributed by atoms with E-state index in [1.54, 1.807) is 11.3 Å². The molecule has 0 radical (unpaired) electrons. The number of nitrogens with zero attached hydrogens (tertiary/aromatic N) is 5. The summed E-state index contributed by atoms with van der Waals surface area (Å²) in [7, 11) is 0. The van der Waals surface area contributed by atoms with Crippen LogP contribution in [0.3, 0.4) is 0 Å². The molecule has 2 heterocycles. The first-order valence-electron chi connectivity index (χ1n) is 8.40. The molecule has 7 heteroatoms. The highest BCUT2D eigenvalue weighted by Crippen LogP contribution is 2.28. The van der Waals surface area contributed by atoms with E-state index in [1.165, 1.54) is 0 Å². The normalized spacial score (nSPS) is 12.8. The van der Waals surface area contributed by atoms with Crippen molar-refractivity contribution >= 4 is 16.3 Å². The molecule has 24 heavy (non-hydrogen) atoms. The van der Waals surface area contributed by atoms with Crippen molar-refractivity contribution in [2.45, 2.75) is 39.8 Å². The van der Waals surface area contributed by atoms with Gasteiger partial charge in [0, 0.05) is 0 Å². The third-order valence-electron chi connectivity index (χ3n) is 4.00. The van der Waals surface area contributed by atoms with E-state index in [9.17, 15) is 0 Å². The van der Waals surface area contributed by atoms with E-state index < -0.39 is 0 Å². The maximum absolute atomic E-state index is 6.09. The minimum Gasteiger partial charge on any atom is -0.483 e. The molecule has 0 aliphatic heterocycles. The molecule has 3 rings (SSSR count). The highest BCUT2D eigenvalue weighted by molar-refractivity contribution is 7.16. The summed E-state index contributed by atoms with van der Waals surface area (Å²) in [6, 6.07) is 9.87. The maximum atomic E-state index is 6.09. The van der Waals surface area contributed by atoms with Crippen LogP contribution in [0.4, 0.5) is 0 Å². The quantitative estimate of drug-likeness (QED) is 0.625. The zero-order valence-electron chi connectivity index (χ0n) is 14.3. The van der Waals surface area contributed by atoms with Crippen LogP contribution in [0.2, 0.25) is 0 Å². The number of hydrogen-bond acceptors (Lipinski definition) is 6. The SMILES string of the molecule is CC[C@@H](Oc1ccccc1)c1nn2c(CN(CC)CC)nnc2s1. The molecule has 2 aromatic heterocycles. The van der Waals surface area contributed by atoms with Crippen molar-refractivity contribution in [3.05, 3.63) is 41.2 Å². The molecular weight excluding hydrogens is 322 g/mol. The summed E-state index contributed by atoms with van der Waals surface area (Å²) in [5, 5.41) is 14.2. The molecule has 128 valence electrons. The summed E-state index contributed by atoms with van der Waals surface area (Å²) >= 11 is 1.55. The fourth-order valence-corrected chi connectivity index (χ4v) is 3.49. The van der Waals surface area contributed by atoms with Crippen molar-refractivity contribution in [1.82, 2.24) is 24.7 Å². The van der Waals surface area contributed by atoms with Gasteiger partial charge in [-0.1, -0.05) is 50.3 Å². The number of para-hydroxylation sites is 1. The first kappa shape index (κ1) is 16.9. The third-order valence-corrected chi connectivity index (χ3v) is 4.99. The molecule has 0 fully saturated rings. The third kappa shape index (κ3) is 3.57. The number of aromatic nitrogens is 4. The largest absolute Gasteiger partial charge is 0.483 e. The van der Waals surface area contributed by atoms with Gasteiger partial charge in [0.1, 0.15) is 5.75 Å². The number of ether oxygens (including phenoxy) is 1. The van der Waals surface area contributed by atoms with Crippen LogP contribution >= 0.6 is 11.3 Å². The van der Waals surface area contributed by atoms with Crippen molar-refractivity contribution in [3.63, 3.8) is 0 Å². The first-order valence-corrected chi connectivity index (χ1v) is 9.21. The molecule has 0 aliphatic carbocycles. The summed E-state index contributed by atoms with van der Waals surface area (Å²) in [6.07, 6.45) is 0.782. The number of hydrogen-bond donors (Lipinski definition) is 0. The predicted octanol–water partition coefficient (Wildman–Crippen LogP) is 3.56. The fraction of sp³-hybridized carbons (Fsp3) is 0.471. The van der Waals surface area contributed by atoms with Gasteiger partial charge in [0.2, 0.25) is 4.96 Å². The number of fused-ring (bicyclic) bond motifs is 1. The summed E-state index contributed by atoms with van der Waals surface area (Å²) in [5.74, 6) is 1.74. The van der Waals surface area contributed by atoms with Crippen LogP contribution in [0, 0.1) is 0 Å². The predicted molar refractivity (Wildman–Crippen MR) is 95.4 cm³/mol. The summed E-state index contributed by atoms with van der Waals surface area (Å²) in [4.78, 5) is 3.12. The van der Waals surface area contributed by atoms with Gasteiger partial charge in [-0.05, 0) is 31.6 Å². The van der Waals surface area contributed by atoms with Crippen LogP contribution < -0.4 is 4.74 Å². The average molecular weight is 345 g/mol. The second-order valence-corrected chi connectivity index (χ2v) is 6.53. The lowest BCUT2D eigenvalue weighted by Crippen LogP contribution is -2.23. The Morgan fingerprint density at radius 3 is 2.54 bits per heavy atom. The molecule has 6 nitrogen and oxygen atoms in total. The second kappa shape index (κ2) is 7.72. The summed E-state index contributed by atoms with van der Waals surface area (Å²) in [6.45, 7) is 9.12. The Labute approximate surface area is 146 Å². The van der Waals surface area contributed by atoms with Crippen LogP contribution in [0.15, 0.2) is 30.3 Å². The van der Waals surface area contributed by atoms with E-state index in [2.05, 4.69) is 35.9 Å². The van der Waals surface area contributed by atoms with Gasteiger partial charge in [-0.2, -0.15) is 9.61 Å². The molecule has 0 saturated heterocycles. The Morgan fingerprint density at radius 1 is 1.12 bits per heavy atom. The van der Waals surface area contributed by atoms with E-state index >= 15 is 0 Å². The van der Waals surface area contributed by atoms with Crippen molar-refractivity contribution in [3.8, 4) is 5.75 Å². The van der Waals surface area contributed by atoms with Gasteiger partial charge in [0.05, 0.1) is 6.54 Å². The topological polar surface area (TPSA) is 55.6 Å². The van der Waals surface area contributed by atoms with Gasteiger partial charge in [-0.3, -0.25) is 4.90 Å². The van der Waals surface area contributed by atoms with Crippen LogP contribution in [0.5, 0.6) is 5.75 Å². The zero-order valence-corrected chi connectivity index (χ0v) is 15.2. The number of benzene rings is 1. The highest BCUT2D eigenvalue weighted by Gasteiger charge is 2.20. The van der Waals surface area contributed by atoms with Gasteiger partial charge in [-0.25, -0.2) is 0 Å². The van der Waals surface area contributed by atoms with Gasteiger partial charge in [0.25, 0.3) is 0 Å². The van der Waals surface area contributed by atoms with Crippen LogP contribution in [0.25, 0.3) is 4.96 Å².